The van der Waals surface area contributed by atoms with E-state index >= 15 is 0 Å². The van der Waals surface area contributed by atoms with E-state index in [2.05, 4.69) is 35.0 Å². The lowest BCUT2D eigenvalue weighted by molar-refractivity contribution is -0.117. The van der Waals surface area contributed by atoms with E-state index in [1.165, 1.54) is 6.20 Å². The maximum absolute atomic E-state index is 13.1. The lowest BCUT2D eigenvalue weighted by Gasteiger charge is -2.16. The molecule has 1 aliphatic rings. The number of aromatic nitrogens is 5. The number of pyridine rings is 1. The summed E-state index contributed by atoms with van der Waals surface area (Å²) in [6, 6.07) is 3.47. The van der Waals surface area contributed by atoms with E-state index in [0.29, 0.717) is 49.0 Å². The maximum atomic E-state index is 13.1. The quantitative estimate of drug-likeness (QED) is 0.431. The molecular formula is C23H27N7O4S. The molecular weight excluding hydrogens is 470 g/mol. The minimum Gasteiger partial charge on any atom is -0.477 e. The van der Waals surface area contributed by atoms with Gasteiger partial charge in [-0.15, -0.1) is 0 Å². The third kappa shape index (κ3) is 5.88. The van der Waals surface area contributed by atoms with Crippen LogP contribution < -0.4 is 14.8 Å². The van der Waals surface area contributed by atoms with Gasteiger partial charge in [-0.05, 0) is 50.8 Å². The molecule has 3 aromatic heterocycles. The highest BCUT2D eigenvalue weighted by molar-refractivity contribution is 7.93. The monoisotopic (exact) mass is 497 g/mol. The Labute approximate surface area is 203 Å². The van der Waals surface area contributed by atoms with E-state index in [-0.39, 0.29) is 11.9 Å². The van der Waals surface area contributed by atoms with E-state index in [4.69, 9.17) is 4.74 Å². The first-order chi connectivity index (χ1) is 16.8. The van der Waals surface area contributed by atoms with Gasteiger partial charge in [0, 0.05) is 18.0 Å². The summed E-state index contributed by atoms with van der Waals surface area (Å²) in [4.78, 5) is 34.4. The number of rotatable bonds is 10. The second-order valence-corrected chi connectivity index (χ2v) is 10.1. The van der Waals surface area contributed by atoms with Crippen LogP contribution in [-0.4, -0.2) is 51.1 Å². The molecule has 0 bridgehead atoms. The van der Waals surface area contributed by atoms with Gasteiger partial charge in [-0.3, -0.25) is 14.5 Å². The molecule has 1 saturated carbocycles. The minimum atomic E-state index is -3.50. The third-order valence-electron chi connectivity index (χ3n) is 5.48. The Morgan fingerprint density at radius 1 is 1.17 bits per heavy atom. The Morgan fingerprint density at radius 3 is 2.66 bits per heavy atom. The van der Waals surface area contributed by atoms with Gasteiger partial charge in [0.25, 0.3) is 0 Å². The molecule has 0 aromatic carbocycles. The van der Waals surface area contributed by atoms with Gasteiger partial charge in [-0.2, -0.15) is 0 Å². The number of sulfonamides is 1. The number of carbonyl (C=O) groups is 1. The molecule has 0 radical (unpaired) electrons. The molecule has 184 valence electrons. The molecule has 35 heavy (non-hydrogen) atoms. The molecule has 3 heterocycles. The maximum Gasteiger partial charge on any atom is 0.237 e. The van der Waals surface area contributed by atoms with E-state index in [9.17, 15) is 13.2 Å². The Hall–Kier alpha value is -3.67. The molecule has 0 spiro atoms. The van der Waals surface area contributed by atoms with Crippen LogP contribution in [0.25, 0.3) is 11.3 Å². The highest BCUT2D eigenvalue weighted by atomic mass is 32.2. The molecule has 1 fully saturated rings. The van der Waals surface area contributed by atoms with Gasteiger partial charge in [0.1, 0.15) is 5.82 Å². The molecule has 12 heteroatoms. The van der Waals surface area contributed by atoms with Crippen molar-refractivity contribution in [2.24, 2.45) is 0 Å². The summed E-state index contributed by atoms with van der Waals surface area (Å²) in [5, 5.41) is 2.46. The normalized spacial score (nSPS) is 14.3. The van der Waals surface area contributed by atoms with Gasteiger partial charge in [0.05, 0.1) is 41.6 Å². The van der Waals surface area contributed by atoms with Crippen LogP contribution in [0.1, 0.15) is 50.3 Å². The number of anilines is 2. The predicted octanol–water partition coefficient (Wildman–Crippen LogP) is 3.07. The zero-order valence-corrected chi connectivity index (χ0v) is 20.5. The van der Waals surface area contributed by atoms with Gasteiger partial charge in [0.15, 0.2) is 0 Å². The fourth-order valence-corrected chi connectivity index (χ4v) is 4.76. The van der Waals surface area contributed by atoms with Gasteiger partial charge in [-0.1, -0.05) is 6.92 Å². The first-order valence-corrected chi connectivity index (χ1v) is 12.9. The van der Waals surface area contributed by atoms with Crippen LogP contribution in [0, 0.1) is 6.92 Å². The first-order valence-electron chi connectivity index (χ1n) is 11.4. The summed E-state index contributed by atoms with van der Waals surface area (Å²) in [6.07, 6.45) is 7.93. The second kappa shape index (κ2) is 10.3. The van der Waals surface area contributed by atoms with Crippen molar-refractivity contribution >= 4 is 27.7 Å². The van der Waals surface area contributed by atoms with Crippen molar-refractivity contribution in [3.05, 3.63) is 48.2 Å². The number of aryl methyl sites for hydroxylation is 1. The van der Waals surface area contributed by atoms with Crippen molar-refractivity contribution in [3.63, 3.8) is 0 Å². The summed E-state index contributed by atoms with van der Waals surface area (Å²) >= 11 is 0. The largest absolute Gasteiger partial charge is 0.477 e. The molecule has 1 atom stereocenters. The van der Waals surface area contributed by atoms with Gasteiger partial charge < -0.3 is 10.1 Å². The van der Waals surface area contributed by atoms with Crippen LogP contribution in [-0.2, 0) is 14.8 Å². The Bertz CT molecular complexity index is 1330. The fraction of sp³-hybridized carbons (Fsp3) is 0.391. The molecule has 11 nitrogen and oxygen atoms in total. The number of hydrogen-bond donors (Lipinski definition) is 2. The number of nitrogens with one attached hydrogen (secondary N) is 2. The lowest BCUT2D eigenvalue weighted by Crippen LogP contribution is -2.24. The summed E-state index contributed by atoms with van der Waals surface area (Å²) in [5.41, 5.74) is 2.52. The highest BCUT2D eigenvalue weighted by Gasteiger charge is 2.36. The summed E-state index contributed by atoms with van der Waals surface area (Å²) in [7, 11) is -3.50. The van der Waals surface area contributed by atoms with Gasteiger partial charge in [-0.25, -0.2) is 28.4 Å². The highest BCUT2D eigenvalue weighted by Crippen LogP contribution is 2.29. The van der Waals surface area contributed by atoms with E-state index in [1.807, 2.05) is 26.8 Å². The molecule has 0 aliphatic heterocycles. The first kappa shape index (κ1) is 24.5. The number of hydrogen-bond acceptors (Lipinski definition) is 9. The van der Waals surface area contributed by atoms with Crippen LogP contribution in [0.15, 0.2) is 36.9 Å². The van der Waals surface area contributed by atoms with Crippen molar-refractivity contribution in [1.29, 1.82) is 0 Å². The van der Waals surface area contributed by atoms with E-state index in [1.54, 1.807) is 24.7 Å². The number of nitrogens with zero attached hydrogens (tertiary/aromatic N) is 5. The molecule has 4 rings (SSSR count). The second-order valence-electron chi connectivity index (χ2n) is 8.17. The Balaban J connectivity index is 1.49. The Morgan fingerprint density at radius 2 is 1.97 bits per heavy atom. The number of ether oxygens (including phenoxy) is 1. The molecule has 2 N–H and O–H groups in total. The van der Waals surface area contributed by atoms with Crippen LogP contribution >= 0.6 is 0 Å². The van der Waals surface area contributed by atoms with Crippen LogP contribution in [0.5, 0.6) is 5.88 Å². The molecule has 0 saturated heterocycles. The van der Waals surface area contributed by atoms with Crippen molar-refractivity contribution < 1.29 is 17.9 Å². The Kier molecular flexibility index (Phi) is 7.20. The lowest BCUT2D eigenvalue weighted by atomic mass is 10.0. The standard InChI is InChI=1S/C23H27N7O4S/c1-4-17(18-8-9-25-23(28-18)30-35(32,33)16-6-7-16)22(31)29-21-14(3)10-15(11-26-21)19-12-24-13-20(27-19)34-5-2/h8-13,16-17H,4-7H2,1-3H3,(H,25,28,30)(H,26,29,31). The minimum absolute atomic E-state index is 0.0327. The summed E-state index contributed by atoms with van der Waals surface area (Å²) < 4.78 is 32.2. The fourth-order valence-electron chi connectivity index (χ4n) is 3.49. The molecule has 1 amide bonds. The van der Waals surface area contributed by atoms with E-state index in [0.717, 1.165) is 11.1 Å². The average Bonchev–Trinajstić information content (AvgIpc) is 3.68. The summed E-state index contributed by atoms with van der Waals surface area (Å²) in [6.45, 7) is 6.05. The van der Waals surface area contributed by atoms with E-state index < -0.39 is 21.2 Å². The zero-order valence-electron chi connectivity index (χ0n) is 19.7. The predicted molar refractivity (Wildman–Crippen MR) is 130 cm³/mol. The van der Waals surface area contributed by atoms with Crippen LogP contribution in [0.4, 0.5) is 11.8 Å². The molecule has 3 aromatic rings. The molecule has 1 aliphatic carbocycles. The van der Waals surface area contributed by atoms with Gasteiger partial charge in [0.2, 0.25) is 27.8 Å². The van der Waals surface area contributed by atoms with Crippen molar-refractivity contribution in [3.8, 4) is 17.1 Å². The van der Waals surface area contributed by atoms with Gasteiger partial charge >= 0.3 is 0 Å². The zero-order chi connectivity index (χ0) is 25.0. The number of carbonyl (C=O) groups excluding carboxylic acids is 1. The SMILES string of the molecule is CCOc1cncc(-c2cnc(NC(=O)C(CC)c3ccnc(NS(=O)(=O)C4CC4)n3)c(C)c2)n1. The third-order valence-corrected chi connectivity index (χ3v) is 7.29. The topological polar surface area (TPSA) is 149 Å². The van der Waals surface area contributed by atoms with Crippen LogP contribution in [0.2, 0.25) is 0 Å². The summed E-state index contributed by atoms with van der Waals surface area (Å²) in [5.74, 6) is -0.112. The van der Waals surface area contributed by atoms with Crippen molar-refractivity contribution in [2.45, 2.75) is 51.2 Å². The number of amides is 1. The van der Waals surface area contributed by atoms with Crippen LogP contribution in [0.3, 0.4) is 0 Å². The van der Waals surface area contributed by atoms with Crippen molar-refractivity contribution in [1.82, 2.24) is 24.9 Å². The smallest absolute Gasteiger partial charge is 0.237 e. The average molecular weight is 498 g/mol. The van der Waals surface area contributed by atoms with Crippen molar-refractivity contribution in [2.75, 3.05) is 16.6 Å². The molecule has 1 unspecified atom stereocenters.